The number of aliphatic imine (C=N–C) groups is 2. The van der Waals surface area contributed by atoms with Gasteiger partial charge in [0.15, 0.2) is 6.17 Å². The van der Waals surface area contributed by atoms with Crippen molar-refractivity contribution in [3.05, 3.63) is 105 Å². The molecule has 1 aliphatic rings. The summed E-state index contributed by atoms with van der Waals surface area (Å²) in [4.78, 5) is 9.75. The number of rotatable bonds is 3. The summed E-state index contributed by atoms with van der Waals surface area (Å²) < 4.78 is 1.20. The number of hydrogen-bond acceptors (Lipinski definition) is 3. The number of nitrogens with zero attached hydrogens (tertiary/aromatic N) is 2. The van der Waals surface area contributed by atoms with Gasteiger partial charge >= 0.3 is 0 Å². The first-order chi connectivity index (χ1) is 12.7. The van der Waals surface area contributed by atoms with E-state index in [1.54, 1.807) is 0 Å². The van der Waals surface area contributed by atoms with E-state index >= 15 is 0 Å². The van der Waals surface area contributed by atoms with E-state index in [4.69, 9.17) is 9.98 Å². The van der Waals surface area contributed by atoms with E-state index < -0.39 is 0 Å². The summed E-state index contributed by atoms with van der Waals surface area (Å²) in [5, 5.41) is 3.44. The normalized spacial score (nSPS) is 16.5. The molecule has 0 saturated heterocycles. The fourth-order valence-electron chi connectivity index (χ4n) is 2.99. The summed E-state index contributed by atoms with van der Waals surface area (Å²) in [6.07, 6.45) is -0.249. The maximum Gasteiger partial charge on any atom is 0.169 e. The second-order valence-corrected chi connectivity index (χ2v) is 7.49. The van der Waals surface area contributed by atoms with Crippen molar-refractivity contribution in [3.8, 4) is 0 Å². The van der Waals surface area contributed by atoms with E-state index in [9.17, 15) is 0 Å². The van der Waals surface area contributed by atoms with E-state index in [0.717, 1.165) is 28.4 Å². The number of aryl methyl sites for hydroxylation is 1. The molecule has 1 aliphatic heterocycles. The van der Waals surface area contributed by atoms with Crippen LogP contribution in [0.3, 0.4) is 0 Å². The highest BCUT2D eigenvalue weighted by Crippen LogP contribution is 2.24. The molecule has 0 fully saturated rings. The van der Waals surface area contributed by atoms with Gasteiger partial charge in [-0.2, -0.15) is 0 Å². The van der Waals surface area contributed by atoms with Crippen LogP contribution in [0.5, 0.6) is 0 Å². The lowest BCUT2D eigenvalue weighted by Crippen LogP contribution is -2.36. The highest BCUT2D eigenvalue weighted by molar-refractivity contribution is 14.1. The van der Waals surface area contributed by atoms with Gasteiger partial charge in [-0.3, -0.25) is 0 Å². The van der Waals surface area contributed by atoms with Crippen molar-refractivity contribution in [2.24, 2.45) is 9.98 Å². The van der Waals surface area contributed by atoms with E-state index in [0.29, 0.717) is 0 Å². The van der Waals surface area contributed by atoms with Crippen LogP contribution in [0.2, 0.25) is 0 Å². The topological polar surface area (TPSA) is 36.8 Å². The van der Waals surface area contributed by atoms with Crippen LogP contribution in [0, 0.1) is 10.5 Å². The fraction of sp³-hybridized carbons (Fsp3) is 0.0909. The Morgan fingerprint density at radius 3 is 2.04 bits per heavy atom. The third-order valence-electron chi connectivity index (χ3n) is 4.20. The van der Waals surface area contributed by atoms with Crippen molar-refractivity contribution in [2.75, 3.05) is 0 Å². The lowest BCUT2D eigenvalue weighted by Gasteiger charge is -2.22. The zero-order valence-corrected chi connectivity index (χ0v) is 16.5. The van der Waals surface area contributed by atoms with Crippen molar-refractivity contribution in [1.82, 2.24) is 5.32 Å². The van der Waals surface area contributed by atoms with Gasteiger partial charge in [-0.05, 0) is 58.8 Å². The molecule has 1 N–H and O–H groups in total. The zero-order chi connectivity index (χ0) is 17.9. The Morgan fingerprint density at radius 2 is 1.38 bits per heavy atom. The average molecular weight is 451 g/mol. The van der Waals surface area contributed by atoms with Crippen LogP contribution in [0.15, 0.2) is 88.8 Å². The molecular weight excluding hydrogens is 433 g/mol. The number of halogens is 1. The Morgan fingerprint density at radius 1 is 0.769 bits per heavy atom. The minimum Gasteiger partial charge on any atom is -0.324 e. The maximum absolute atomic E-state index is 4.89. The number of amidine groups is 2. The maximum atomic E-state index is 4.89. The van der Waals surface area contributed by atoms with Crippen molar-refractivity contribution in [1.29, 1.82) is 0 Å². The van der Waals surface area contributed by atoms with Gasteiger partial charge in [0.25, 0.3) is 0 Å². The highest BCUT2D eigenvalue weighted by atomic mass is 127. The molecule has 4 heteroatoms. The summed E-state index contributed by atoms with van der Waals surface area (Å²) >= 11 is 2.35. The Balaban J connectivity index is 1.80. The molecule has 0 spiro atoms. The fourth-order valence-corrected chi connectivity index (χ4v) is 3.81. The van der Waals surface area contributed by atoms with Gasteiger partial charge in [0.2, 0.25) is 0 Å². The standard InChI is InChI=1S/C22H18IN3/c1-15-12-18(14-19(23)13-15)22-25-20(16-8-4-2-5-9-16)24-21(26-22)17-10-6-3-7-11-17/h2-14,20H,1H3,(H,24,25,26). The average Bonchev–Trinajstić information content (AvgIpc) is 2.68. The molecule has 1 atom stereocenters. The minimum atomic E-state index is -0.249. The monoisotopic (exact) mass is 451 g/mol. The first-order valence-electron chi connectivity index (χ1n) is 8.49. The molecule has 3 nitrogen and oxygen atoms in total. The summed E-state index contributed by atoms with van der Waals surface area (Å²) in [5.41, 5.74) is 4.44. The third-order valence-corrected chi connectivity index (χ3v) is 4.82. The van der Waals surface area contributed by atoms with E-state index in [1.165, 1.54) is 9.13 Å². The van der Waals surface area contributed by atoms with Crippen molar-refractivity contribution in [3.63, 3.8) is 0 Å². The summed E-state index contributed by atoms with van der Waals surface area (Å²) in [6.45, 7) is 2.11. The molecular formula is C22H18IN3. The number of benzene rings is 3. The number of nitrogens with one attached hydrogen (secondary N) is 1. The zero-order valence-electron chi connectivity index (χ0n) is 14.4. The Hall–Kier alpha value is -2.47. The molecule has 1 heterocycles. The van der Waals surface area contributed by atoms with Gasteiger partial charge in [0.05, 0.1) is 0 Å². The first-order valence-corrected chi connectivity index (χ1v) is 9.57. The van der Waals surface area contributed by atoms with Crippen LogP contribution < -0.4 is 5.32 Å². The second kappa shape index (κ2) is 7.41. The van der Waals surface area contributed by atoms with Crippen molar-refractivity contribution < 1.29 is 0 Å². The van der Waals surface area contributed by atoms with Crippen molar-refractivity contribution >= 4 is 34.3 Å². The lowest BCUT2D eigenvalue weighted by molar-refractivity contribution is 0.756. The SMILES string of the molecule is Cc1cc(I)cc(C2=NC(c3ccccc3)N=C(c3ccccc3)N2)c1. The van der Waals surface area contributed by atoms with E-state index in [1.807, 2.05) is 36.4 Å². The van der Waals surface area contributed by atoms with Gasteiger partial charge < -0.3 is 5.32 Å². The van der Waals surface area contributed by atoms with Gasteiger partial charge in [0, 0.05) is 14.7 Å². The van der Waals surface area contributed by atoms with Crippen LogP contribution in [-0.4, -0.2) is 11.7 Å². The first kappa shape index (κ1) is 17.0. The molecule has 4 rings (SSSR count). The molecule has 0 aliphatic carbocycles. The molecule has 128 valence electrons. The lowest BCUT2D eigenvalue weighted by atomic mass is 10.1. The molecule has 1 unspecified atom stereocenters. The molecule has 0 radical (unpaired) electrons. The van der Waals surface area contributed by atoms with Crippen LogP contribution in [0.25, 0.3) is 0 Å². The quantitative estimate of drug-likeness (QED) is 0.554. The Bertz CT molecular complexity index is 959. The molecule has 26 heavy (non-hydrogen) atoms. The molecule has 0 saturated carbocycles. The Kier molecular flexibility index (Phi) is 4.84. The Labute approximate surface area is 167 Å². The van der Waals surface area contributed by atoms with Gasteiger partial charge in [0.1, 0.15) is 11.7 Å². The van der Waals surface area contributed by atoms with Crippen LogP contribution >= 0.6 is 22.6 Å². The highest BCUT2D eigenvalue weighted by Gasteiger charge is 2.20. The van der Waals surface area contributed by atoms with Crippen LogP contribution in [-0.2, 0) is 0 Å². The van der Waals surface area contributed by atoms with E-state index in [-0.39, 0.29) is 6.17 Å². The summed E-state index contributed by atoms with van der Waals surface area (Å²) in [5.74, 6) is 1.70. The molecule has 0 aromatic heterocycles. The predicted molar refractivity (Wildman–Crippen MR) is 116 cm³/mol. The van der Waals surface area contributed by atoms with Crippen LogP contribution in [0.4, 0.5) is 0 Å². The summed E-state index contributed by atoms with van der Waals surface area (Å²) in [7, 11) is 0. The largest absolute Gasteiger partial charge is 0.324 e. The second-order valence-electron chi connectivity index (χ2n) is 6.25. The van der Waals surface area contributed by atoms with E-state index in [2.05, 4.69) is 77.3 Å². The predicted octanol–water partition coefficient (Wildman–Crippen LogP) is 5.10. The van der Waals surface area contributed by atoms with Crippen LogP contribution in [0.1, 0.15) is 28.4 Å². The third kappa shape index (κ3) is 3.70. The molecule has 0 amide bonds. The number of hydrogen-bond donors (Lipinski definition) is 1. The molecule has 3 aromatic rings. The van der Waals surface area contributed by atoms with Gasteiger partial charge in [-0.15, -0.1) is 0 Å². The van der Waals surface area contributed by atoms with Gasteiger partial charge in [-0.1, -0.05) is 60.7 Å². The minimum absolute atomic E-state index is 0.249. The molecule has 3 aromatic carbocycles. The van der Waals surface area contributed by atoms with Crippen molar-refractivity contribution in [2.45, 2.75) is 13.1 Å². The summed E-state index contributed by atoms with van der Waals surface area (Å²) in [6, 6.07) is 26.9. The smallest absolute Gasteiger partial charge is 0.169 e. The van der Waals surface area contributed by atoms with Gasteiger partial charge in [-0.25, -0.2) is 9.98 Å². The molecule has 0 bridgehead atoms.